The van der Waals surface area contributed by atoms with E-state index in [1.807, 2.05) is 26.0 Å². The zero-order chi connectivity index (χ0) is 21.4. The maximum absolute atomic E-state index is 13.0. The number of pyridine rings is 1. The Bertz CT molecular complexity index is 1210. The second-order valence-corrected chi connectivity index (χ2v) is 7.43. The SMILES string of the molecule is CCCOC(=O)c1ccc(NC(=O)c2c(O)c3cccc4c3n(c2=O)[C@@H](C)C4)cc1. The molecule has 1 aliphatic heterocycles. The molecule has 7 heteroatoms. The van der Waals surface area contributed by atoms with Crippen molar-refractivity contribution in [1.29, 1.82) is 0 Å². The van der Waals surface area contributed by atoms with Gasteiger partial charge in [0.2, 0.25) is 0 Å². The fourth-order valence-electron chi connectivity index (χ4n) is 3.89. The predicted octanol–water partition coefficient (Wildman–Crippen LogP) is 3.64. The molecule has 0 unspecified atom stereocenters. The van der Waals surface area contributed by atoms with Crippen molar-refractivity contribution in [2.24, 2.45) is 0 Å². The van der Waals surface area contributed by atoms with Gasteiger partial charge in [-0.15, -0.1) is 0 Å². The van der Waals surface area contributed by atoms with Gasteiger partial charge in [0, 0.05) is 17.1 Å². The second-order valence-electron chi connectivity index (χ2n) is 7.43. The van der Waals surface area contributed by atoms with Crippen LogP contribution in [0.4, 0.5) is 5.69 Å². The summed E-state index contributed by atoms with van der Waals surface area (Å²) >= 11 is 0. The van der Waals surface area contributed by atoms with Gasteiger partial charge in [-0.25, -0.2) is 4.79 Å². The van der Waals surface area contributed by atoms with Gasteiger partial charge in [-0.3, -0.25) is 9.59 Å². The minimum atomic E-state index is -0.700. The Balaban J connectivity index is 1.65. The fourth-order valence-corrected chi connectivity index (χ4v) is 3.89. The molecule has 0 spiro atoms. The van der Waals surface area contributed by atoms with E-state index in [2.05, 4.69) is 5.32 Å². The number of aromatic nitrogens is 1. The zero-order valence-corrected chi connectivity index (χ0v) is 16.8. The van der Waals surface area contributed by atoms with Gasteiger partial charge in [0.25, 0.3) is 11.5 Å². The van der Waals surface area contributed by atoms with Crippen LogP contribution in [0, 0.1) is 0 Å². The van der Waals surface area contributed by atoms with Gasteiger partial charge in [-0.05, 0) is 55.7 Å². The Labute approximate surface area is 172 Å². The Kier molecular flexibility index (Phi) is 5.03. The molecule has 1 atom stereocenters. The van der Waals surface area contributed by atoms with Gasteiger partial charge < -0.3 is 19.7 Å². The van der Waals surface area contributed by atoms with Crippen molar-refractivity contribution >= 4 is 28.5 Å². The van der Waals surface area contributed by atoms with Crippen molar-refractivity contribution in [3.05, 3.63) is 69.5 Å². The first-order valence-electron chi connectivity index (χ1n) is 9.90. The number of aromatic hydroxyl groups is 1. The van der Waals surface area contributed by atoms with Crippen LogP contribution in [-0.4, -0.2) is 28.2 Å². The molecule has 0 bridgehead atoms. The molecule has 0 saturated heterocycles. The smallest absolute Gasteiger partial charge is 0.338 e. The number of carbonyl (C=O) groups excluding carboxylic acids is 2. The summed E-state index contributed by atoms with van der Waals surface area (Å²) in [5.41, 5.74) is 1.61. The molecule has 1 aliphatic rings. The maximum atomic E-state index is 13.0. The van der Waals surface area contributed by atoms with Crippen molar-refractivity contribution in [3.8, 4) is 5.75 Å². The number of esters is 1. The summed E-state index contributed by atoms with van der Waals surface area (Å²) in [5, 5.41) is 13.8. The molecule has 2 heterocycles. The lowest BCUT2D eigenvalue weighted by atomic mass is 10.1. The third-order valence-corrected chi connectivity index (χ3v) is 5.28. The molecule has 1 aromatic heterocycles. The molecular formula is C23H22N2O5. The molecule has 1 amide bonds. The van der Waals surface area contributed by atoms with E-state index in [9.17, 15) is 19.5 Å². The second kappa shape index (κ2) is 7.67. The minimum absolute atomic E-state index is 0.0991. The summed E-state index contributed by atoms with van der Waals surface area (Å²) in [6.45, 7) is 4.16. The molecular weight excluding hydrogens is 384 g/mol. The highest BCUT2D eigenvalue weighted by Gasteiger charge is 2.29. The van der Waals surface area contributed by atoms with Gasteiger partial charge in [-0.1, -0.05) is 19.1 Å². The van der Waals surface area contributed by atoms with Crippen molar-refractivity contribution < 1.29 is 19.4 Å². The van der Waals surface area contributed by atoms with Crippen LogP contribution in [0.5, 0.6) is 5.75 Å². The van der Waals surface area contributed by atoms with Crippen LogP contribution in [0.15, 0.2) is 47.3 Å². The lowest BCUT2D eigenvalue weighted by molar-refractivity contribution is 0.0505. The Morgan fingerprint density at radius 1 is 1.20 bits per heavy atom. The summed E-state index contributed by atoms with van der Waals surface area (Å²) in [6.07, 6.45) is 1.40. The van der Waals surface area contributed by atoms with Gasteiger partial charge in [-0.2, -0.15) is 0 Å². The highest BCUT2D eigenvalue weighted by Crippen LogP contribution is 2.36. The van der Waals surface area contributed by atoms with Gasteiger partial charge in [0.05, 0.1) is 17.7 Å². The van der Waals surface area contributed by atoms with E-state index in [4.69, 9.17) is 4.74 Å². The molecule has 0 aliphatic carbocycles. The Hall–Kier alpha value is -3.61. The van der Waals surface area contributed by atoms with E-state index in [-0.39, 0.29) is 17.4 Å². The number of benzene rings is 2. The summed E-state index contributed by atoms with van der Waals surface area (Å²) in [5.74, 6) is -1.46. The Morgan fingerprint density at radius 3 is 2.63 bits per heavy atom. The first kappa shape index (κ1) is 19.7. The molecule has 3 aromatic rings. The van der Waals surface area contributed by atoms with E-state index in [1.165, 1.54) is 12.1 Å². The largest absolute Gasteiger partial charge is 0.506 e. The standard InChI is InChI=1S/C23H22N2O5/c1-3-11-30-23(29)14-7-9-16(10-8-14)24-21(27)18-20(26)17-6-4-5-15-12-13(2)25(19(15)17)22(18)28/h4-10,13,26H,3,11-12H2,1-2H3,(H,24,27)/t13-/m0/s1. The molecule has 2 aromatic carbocycles. The van der Waals surface area contributed by atoms with E-state index in [0.29, 0.717) is 35.2 Å². The van der Waals surface area contributed by atoms with Gasteiger partial charge in [0.1, 0.15) is 11.3 Å². The normalized spacial score (nSPS) is 14.7. The number of hydrogen-bond acceptors (Lipinski definition) is 5. The van der Waals surface area contributed by atoms with Crippen molar-refractivity contribution in [2.75, 3.05) is 11.9 Å². The van der Waals surface area contributed by atoms with Crippen LogP contribution >= 0.6 is 0 Å². The highest BCUT2D eigenvalue weighted by atomic mass is 16.5. The number of nitrogens with one attached hydrogen (secondary N) is 1. The molecule has 2 N–H and O–H groups in total. The number of rotatable bonds is 5. The van der Waals surface area contributed by atoms with Crippen molar-refractivity contribution in [1.82, 2.24) is 4.57 Å². The summed E-state index contributed by atoms with van der Waals surface area (Å²) < 4.78 is 6.65. The lowest BCUT2D eigenvalue weighted by Gasteiger charge is -2.14. The lowest BCUT2D eigenvalue weighted by Crippen LogP contribution is -2.30. The van der Waals surface area contributed by atoms with Crippen LogP contribution in [-0.2, 0) is 11.2 Å². The average molecular weight is 406 g/mol. The highest BCUT2D eigenvalue weighted by molar-refractivity contribution is 6.09. The van der Waals surface area contributed by atoms with E-state index >= 15 is 0 Å². The number of nitrogens with zero attached hydrogens (tertiary/aromatic N) is 1. The number of carbonyl (C=O) groups is 2. The van der Waals surface area contributed by atoms with Crippen molar-refractivity contribution in [3.63, 3.8) is 0 Å². The van der Waals surface area contributed by atoms with Gasteiger partial charge in [0.15, 0.2) is 0 Å². The molecule has 7 nitrogen and oxygen atoms in total. The molecule has 0 fully saturated rings. The summed E-state index contributed by atoms with van der Waals surface area (Å²) in [6, 6.07) is 11.5. The minimum Gasteiger partial charge on any atom is -0.506 e. The zero-order valence-electron chi connectivity index (χ0n) is 16.8. The summed E-state index contributed by atoms with van der Waals surface area (Å²) in [4.78, 5) is 37.8. The fraction of sp³-hybridized carbons (Fsp3) is 0.261. The third-order valence-electron chi connectivity index (χ3n) is 5.28. The molecule has 30 heavy (non-hydrogen) atoms. The first-order chi connectivity index (χ1) is 14.4. The predicted molar refractivity (Wildman–Crippen MR) is 113 cm³/mol. The van der Waals surface area contributed by atoms with Crippen LogP contribution in [0.2, 0.25) is 0 Å². The van der Waals surface area contributed by atoms with E-state index in [0.717, 1.165) is 12.0 Å². The monoisotopic (exact) mass is 406 g/mol. The van der Waals surface area contributed by atoms with Crippen LogP contribution in [0.1, 0.15) is 52.6 Å². The summed E-state index contributed by atoms with van der Waals surface area (Å²) in [7, 11) is 0. The third kappa shape index (κ3) is 3.22. The number of amides is 1. The number of ether oxygens (including phenoxy) is 1. The first-order valence-corrected chi connectivity index (χ1v) is 9.90. The van der Waals surface area contributed by atoms with Crippen LogP contribution in [0.25, 0.3) is 10.9 Å². The number of hydrogen-bond donors (Lipinski definition) is 2. The van der Waals surface area contributed by atoms with E-state index < -0.39 is 17.4 Å². The van der Waals surface area contributed by atoms with Crippen molar-refractivity contribution in [2.45, 2.75) is 32.7 Å². The number of para-hydroxylation sites is 1. The molecule has 4 rings (SSSR count). The molecule has 154 valence electrons. The van der Waals surface area contributed by atoms with E-state index in [1.54, 1.807) is 22.8 Å². The van der Waals surface area contributed by atoms with Crippen LogP contribution < -0.4 is 10.9 Å². The molecule has 0 saturated carbocycles. The topological polar surface area (TPSA) is 97.6 Å². The molecule has 0 radical (unpaired) electrons. The number of anilines is 1. The van der Waals surface area contributed by atoms with Crippen LogP contribution in [0.3, 0.4) is 0 Å². The van der Waals surface area contributed by atoms with Gasteiger partial charge >= 0.3 is 5.97 Å². The quantitative estimate of drug-likeness (QED) is 0.631. The Morgan fingerprint density at radius 2 is 1.93 bits per heavy atom. The average Bonchev–Trinajstić information content (AvgIpc) is 3.07. The maximum Gasteiger partial charge on any atom is 0.338 e.